The molecule has 2 nitrogen and oxygen atoms in total. The van der Waals surface area contributed by atoms with Gasteiger partial charge in [0.15, 0.2) is 5.78 Å². The van der Waals surface area contributed by atoms with Crippen molar-refractivity contribution in [2.45, 2.75) is 19.3 Å². The van der Waals surface area contributed by atoms with Crippen LogP contribution < -0.4 is 0 Å². The maximum Gasteiger partial charge on any atom is 0.159 e. The second kappa shape index (κ2) is 2.97. The zero-order valence-electron chi connectivity index (χ0n) is 6.75. The van der Waals surface area contributed by atoms with Crippen LogP contribution in [-0.4, -0.2) is 5.78 Å². The number of hydrogen-bond acceptors (Lipinski definition) is 2. The lowest BCUT2D eigenvalue weighted by molar-refractivity contribution is -0.114. The Kier molecular flexibility index (Phi) is 1.82. The molecule has 0 unspecified atom stereocenters. The van der Waals surface area contributed by atoms with Crippen LogP contribution in [0.4, 0.5) is 0 Å². The zero-order valence-corrected chi connectivity index (χ0v) is 6.75. The Labute approximate surface area is 70.9 Å². The molecule has 0 aromatic carbocycles. The van der Waals surface area contributed by atoms with Gasteiger partial charge < -0.3 is 4.42 Å². The van der Waals surface area contributed by atoms with Crippen LogP contribution >= 0.6 is 0 Å². The van der Waals surface area contributed by atoms with Crippen molar-refractivity contribution in [3.63, 3.8) is 0 Å². The average molecular weight is 162 g/mol. The van der Waals surface area contributed by atoms with E-state index in [0.717, 1.165) is 24.2 Å². The average Bonchev–Trinajstić information content (AvgIpc) is 2.65. The Morgan fingerprint density at radius 1 is 1.42 bits per heavy atom. The van der Waals surface area contributed by atoms with E-state index in [-0.39, 0.29) is 5.78 Å². The molecule has 1 aromatic rings. The van der Waals surface area contributed by atoms with Gasteiger partial charge in [-0.15, -0.1) is 0 Å². The fraction of sp³-hybridized carbons (Fsp3) is 0.300. The van der Waals surface area contributed by atoms with Crippen molar-refractivity contribution in [3.8, 4) is 0 Å². The summed E-state index contributed by atoms with van der Waals surface area (Å²) >= 11 is 0. The molecule has 0 saturated heterocycles. The largest absolute Gasteiger partial charge is 0.465 e. The summed E-state index contributed by atoms with van der Waals surface area (Å²) in [5, 5.41) is 0. The monoisotopic (exact) mass is 162 g/mol. The Morgan fingerprint density at radius 2 is 2.33 bits per heavy atom. The van der Waals surface area contributed by atoms with Gasteiger partial charge in [0, 0.05) is 6.42 Å². The van der Waals surface area contributed by atoms with E-state index in [0.29, 0.717) is 6.42 Å². The lowest BCUT2D eigenvalue weighted by Gasteiger charge is -1.90. The summed E-state index contributed by atoms with van der Waals surface area (Å²) in [6, 6.07) is 3.68. The number of furan rings is 1. The summed E-state index contributed by atoms with van der Waals surface area (Å²) in [6.07, 6.45) is 6.05. The van der Waals surface area contributed by atoms with Crippen molar-refractivity contribution < 1.29 is 9.21 Å². The van der Waals surface area contributed by atoms with E-state index in [1.165, 1.54) is 0 Å². The third-order valence-corrected chi connectivity index (χ3v) is 2.07. The SMILES string of the molecule is O=C1CCCC1=Cc1ccco1. The first kappa shape index (κ1) is 7.35. The van der Waals surface area contributed by atoms with Crippen molar-refractivity contribution >= 4 is 11.9 Å². The van der Waals surface area contributed by atoms with Crippen LogP contribution in [0, 0.1) is 0 Å². The highest BCUT2D eigenvalue weighted by Crippen LogP contribution is 2.22. The predicted octanol–water partition coefficient (Wildman–Crippen LogP) is 2.42. The molecule has 1 aliphatic rings. The summed E-state index contributed by atoms with van der Waals surface area (Å²) in [5.74, 6) is 1.05. The van der Waals surface area contributed by atoms with Crippen LogP contribution in [0.1, 0.15) is 25.0 Å². The molecule has 1 aliphatic carbocycles. The third-order valence-electron chi connectivity index (χ3n) is 2.07. The van der Waals surface area contributed by atoms with Gasteiger partial charge in [-0.1, -0.05) is 0 Å². The molecule has 1 fully saturated rings. The van der Waals surface area contributed by atoms with Crippen molar-refractivity contribution in [3.05, 3.63) is 29.7 Å². The first-order valence-corrected chi connectivity index (χ1v) is 4.13. The molecule has 2 rings (SSSR count). The number of carbonyl (C=O) groups excluding carboxylic acids is 1. The molecule has 1 aromatic heterocycles. The Balaban J connectivity index is 2.23. The fourth-order valence-corrected chi connectivity index (χ4v) is 1.44. The van der Waals surface area contributed by atoms with Crippen LogP contribution in [0.25, 0.3) is 6.08 Å². The minimum absolute atomic E-state index is 0.270. The normalized spacial score (nSPS) is 20.7. The van der Waals surface area contributed by atoms with Gasteiger partial charge >= 0.3 is 0 Å². The number of hydrogen-bond donors (Lipinski definition) is 0. The topological polar surface area (TPSA) is 30.2 Å². The van der Waals surface area contributed by atoms with Gasteiger partial charge in [0.2, 0.25) is 0 Å². The second-order valence-electron chi connectivity index (χ2n) is 2.96. The first-order chi connectivity index (χ1) is 5.86. The van der Waals surface area contributed by atoms with Crippen LogP contribution in [0.2, 0.25) is 0 Å². The molecular formula is C10H10O2. The molecule has 0 amide bonds. The van der Waals surface area contributed by atoms with E-state index in [9.17, 15) is 4.79 Å². The van der Waals surface area contributed by atoms with E-state index >= 15 is 0 Å². The second-order valence-corrected chi connectivity index (χ2v) is 2.96. The fourth-order valence-electron chi connectivity index (χ4n) is 1.44. The molecule has 0 atom stereocenters. The van der Waals surface area contributed by atoms with Gasteiger partial charge in [0.25, 0.3) is 0 Å². The standard InChI is InChI=1S/C10H10O2/c11-10-5-1-3-8(10)7-9-4-2-6-12-9/h2,4,6-7H,1,3,5H2. The predicted molar refractivity (Wildman–Crippen MR) is 45.5 cm³/mol. The minimum atomic E-state index is 0.270. The summed E-state index contributed by atoms with van der Waals surface area (Å²) < 4.78 is 5.12. The van der Waals surface area contributed by atoms with Gasteiger partial charge in [-0.3, -0.25) is 4.79 Å². The molecule has 2 heteroatoms. The summed E-state index contributed by atoms with van der Waals surface area (Å²) in [5.41, 5.74) is 0.907. The summed E-state index contributed by atoms with van der Waals surface area (Å²) in [4.78, 5) is 11.2. The molecule has 12 heavy (non-hydrogen) atoms. The number of carbonyl (C=O) groups is 1. The Morgan fingerprint density at radius 3 is 2.92 bits per heavy atom. The molecule has 62 valence electrons. The van der Waals surface area contributed by atoms with E-state index in [1.807, 2.05) is 18.2 Å². The maximum atomic E-state index is 11.2. The number of Topliss-reactive ketones (excluding diaryl/α,β-unsaturated/α-hetero) is 1. The molecule has 0 bridgehead atoms. The highest BCUT2D eigenvalue weighted by molar-refractivity contribution is 6.01. The molecule has 0 aliphatic heterocycles. The van der Waals surface area contributed by atoms with Crippen molar-refractivity contribution in [1.29, 1.82) is 0 Å². The molecule has 1 saturated carbocycles. The van der Waals surface area contributed by atoms with Crippen LogP contribution in [-0.2, 0) is 4.79 Å². The zero-order chi connectivity index (χ0) is 8.39. The van der Waals surface area contributed by atoms with Gasteiger partial charge in [0.1, 0.15) is 5.76 Å². The highest BCUT2D eigenvalue weighted by atomic mass is 16.3. The van der Waals surface area contributed by atoms with E-state index in [2.05, 4.69) is 0 Å². The van der Waals surface area contributed by atoms with Crippen LogP contribution in [0.5, 0.6) is 0 Å². The smallest absolute Gasteiger partial charge is 0.159 e. The summed E-state index contributed by atoms with van der Waals surface area (Å²) in [6.45, 7) is 0. The molecule has 0 spiro atoms. The van der Waals surface area contributed by atoms with Crippen molar-refractivity contribution in [2.75, 3.05) is 0 Å². The Bertz CT molecular complexity index is 307. The van der Waals surface area contributed by atoms with Gasteiger partial charge in [-0.05, 0) is 36.6 Å². The number of ketones is 1. The minimum Gasteiger partial charge on any atom is -0.465 e. The Hall–Kier alpha value is -1.31. The first-order valence-electron chi connectivity index (χ1n) is 4.13. The van der Waals surface area contributed by atoms with Crippen molar-refractivity contribution in [2.24, 2.45) is 0 Å². The molecule has 0 radical (unpaired) electrons. The number of allylic oxidation sites excluding steroid dienone is 1. The lowest BCUT2D eigenvalue weighted by Crippen LogP contribution is -1.89. The van der Waals surface area contributed by atoms with Gasteiger partial charge in [-0.2, -0.15) is 0 Å². The summed E-state index contributed by atoms with van der Waals surface area (Å²) in [7, 11) is 0. The lowest BCUT2D eigenvalue weighted by atomic mass is 10.2. The van der Waals surface area contributed by atoms with Crippen LogP contribution in [0.15, 0.2) is 28.4 Å². The highest BCUT2D eigenvalue weighted by Gasteiger charge is 2.16. The van der Waals surface area contributed by atoms with E-state index in [1.54, 1.807) is 6.26 Å². The molecule has 0 N–H and O–H groups in total. The quantitative estimate of drug-likeness (QED) is 0.593. The van der Waals surface area contributed by atoms with Gasteiger partial charge in [-0.25, -0.2) is 0 Å². The van der Waals surface area contributed by atoms with Crippen LogP contribution in [0.3, 0.4) is 0 Å². The van der Waals surface area contributed by atoms with Gasteiger partial charge in [0.05, 0.1) is 6.26 Å². The third kappa shape index (κ3) is 1.33. The number of rotatable bonds is 1. The van der Waals surface area contributed by atoms with E-state index in [4.69, 9.17) is 4.42 Å². The maximum absolute atomic E-state index is 11.2. The molecular weight excluding hydrogens is 152 g/mol. The molecule has 1 heterocycles. The van der Waals surface area contributed by atoms with E-state index < -0.39 is 0 Å². The van der Waals surface area contributed by atoms with Crippen molar-refractivity contribution in [1.82, 2.24) is 0 Å².